The van der Waals surface area contributed by atoms with Crippen LogP contribution in [0.25, 0.3) is 0 Å². The molecule has 3 rings (SSSR count). The van der Waals surface area contributed by atoms with Gasteiger partial charge in [0.25, 0.3) is 5.91 Å². The van der Waals surface area contributed by atoms with Gasteiger partial charge in [0.15, 0.2) is 0 Å². The fraction of sp³-hybridized carbons (Fsp3) is 0.364. The molecule has 0 saturated carbocycles. The van der Waals surface area contributed by atoms with Crippen molar-refractivity contribution >= 4 is 23.5 Å². The molecule has 5 nitrogen and oxygen atoms in total. The van der Waals surface area contributed by atoms with E-state index in [-0.39, 0.29) is 25.0 Å². The highest BCUT2D eigenvalue weighted by atomic mass is 35.5. The van der Waals surface area contributed by atoms with E-state index in [4.69, 9.17) is 11.6 Å². The topological polar surface area (TPSA) is 52.7 Å². The third-order valence-electron chi connectivity index (χ3n) is 5.03. The molecule has 0 aromatic heterocycles. The number of urea groups is 1. The molecular formula is C22H25ClFN3O2. The van der Waals surface area contributed by atoms with Gasteiger partial charge in [0, 0.05) is 17.1 Å². The van der Waals surface area contributed by atoms with Crippen LogP contribution in [0.4, 0.5) is 9.18 Å². The summed E-state index contributed by atoms with van der Waals surface area (Å²) in [7, 11) is 1.72. The lowest BCUT2D eigenvalue weighted by Gasteiger charge is -2.30. The molecule has 0 radical (unpaired) electrons. The Hall–Kier alpha value is -2.44. The van der Waals surface area contributed by atoms with Gasteiger partial charge in [-0.15, -0.1) is 0 Å². The largest absolute Gasteiger partial charge is 0.326 e. The summed E-state index contributed by atoms with van der Waals surface area (Å²) >= 11 is 6.10. The number of halogens is 2. The minimum absolute atomic E-state index is 0.0298. The first-order chi connectivity index (χ1) is 13.7. The number of benzene rings is 2. The Bertz CT molecular complexity index is 886. The van der Waals surface area contributed by atoms with Gasteiger partial charge in [-0.1, -0.05) is 61.8 Å². The van der Waals surface area contributed by atoms with Gasteiger partial charge in [0.2, 0.25) is 0 Å². The highest BCUT2D eigenvalue weighted by Gasteiger charge is 2.52. The van der Waals surface area contributed by atoms with Crippen LogP contribution in [0, 0.1) is 11.7 Å². The monoisotopic (exact) mass is 417 g/mol. The van der Waals surface area contributed by atoms with E-state index in [0.717, 1.165) is 5.56 Å². The van der Waals surface area contributed by atoms with Crippen molar-refractivity contribution in [2.45, 2.75) is 32.4 Å². The average molecular weight is 418 g/mol. The lowest BCUT2D eigenvalue weighted by Crippen LogP contribution is -2.46. The molecule has 1 atom stereocenters. The maximum absolute atomic E-state index is 14.1. The van der Waals surface area contributed by atoms with Gasteiger partial charge < -0.3 is 5.32 Å². The molecule has 1 heterocycles. The normalized spacial score (nSPS) is 19.3. The quantitative estimate of drug-likeness (QED) is 0.681. The van der Waals surface area contributed by atoms with Gasteiger partial charge in [-0.3, -0.25) is 9.69 Å². The number of hydrogen-bond donors (Lipinski definition) is 1. The molecule has 1 aliphatic heterocycles. The molecule has 3 amide bonds. The van der Waals surface area contributed by atoms with Crippen LogP contribution < -0.4 is 5.32 Å². The summed E-state index contributed by atoms with van der Waals surface area (Å²) in [6, 6.07) is 13.3. The zero-order chi connectivity index (χ0) is 21.2. The van der Waals surface area contributed by atoms with Crippen molar-refractivity contribution < 1.29 is 14.0 Å². The van der Waals surface area contributed by atoms with Crippen LogP contribution in [0.2, 0.25) is 5.02 Å². The third kappa shape index (κ3) is 4.28. The van der Waals surface area contributed by atoms with Crippen LogP contribution in [-0.4, -0.2) is 35.5 Å². The number of nitrogens with one attached hydrogen (secondary N) is 1. The minimum Gasteiger partial charge on any atom is -0.319 e. The number of carbonyl (C=O) groups excluding carboxylic acids is 2. The Morgan fingerprint density at radius 2 is 1.83 bits per heavy atom. The molecule has 0 unspecified atom stereocenters. The van der Waals surface area contributed by atoms with Gasteiger partial charge in [0.1, 0.15) is 11.4 Å². The number of hydrogen-bond acceptors (Lipinski definition) is 3. The van der Waals surface area contributed by atoms with Gasteiger partial charge in [-0.2, -0.15) is 0 Å². The van der Waals surface area contributed by atoms with Crippen molar-refractivity contribution in [1.29, 1.82) is 0 Å². The Labute approximate surface area is 175 Å². The summed E-state index contributed by atoms with van der Waals surface area (Å²) in [5.74, 6) is -0.525. The highest BCUT2D eigenvalue weighted by molar-refractivity contribution is 6.31. The Morgan fingerprint density at radius 1 is 1.14 bits per heavy atom. The summed E-state index contributed by atoms with van der Waals surface area (Å²) in [5.41, 5.74) is -0.00205. The predicted molar refractivity (Wildman–Crippen MR) is 111 cm³/mol. The summed E-state index contributed by atoms with van der Waals surface area (Å²) in [6.07, 6.45) is 0.487. The second-order valence-electron chi connectivity index (χ2n) is 7.89. The van der Waals surface area contributed by atoms with Crippen LogP contribution in [0.15, 0.2) is 48.5 Å². The van der Waals surface area contributed by atoms with Crippen LogP contribution in [0.5, 0.6) is 0 Å². The zero-order valence-electron chi connectivity index (χ0n) is 16.8. The first-order valence-electron chi connectivity index (χ1n) is 9.55. The fourth-order valence-corrected chi connectivity index (χ4v) is 4.01. The molecular weight excluding hydrogens is 393 g/mol. The maximum Gasteiger partial charge on any atom is 0.326 e. The Morgan fingerprint density at radius 3 is 2.45 bits per heavy atom. The SMILES string of the molecule is CC(C)C[C@]1(c2ccccc2)NC(=O)N(CN(C)Cc2c(F)cccc2Cl)C1=O. The van der Waals surface area contributed by atoms with E-state index >= 15 is 0 Å². The third-order valence-corrected chi connectivity index (χ3v) is 5.38. The zero-order valence-corrected chi connectivity index (χ0v) is 17.5. The molecule has 0 bridgehead atoms. The summed E-state index contributed by atoms with van der Waals surface area (Å²) < 4.78 is 14.1. The summed E-state index contributed by atoms with van der Waals surface area (Å²) in [6.45, 7) is 4.23. The highest BCUT2D eigenvalue weighted by Crippen LogP contribution is 2.35. The molecule has 2 aromatic rings. The lowest BCUT2D eigenvalue weighted by molar-refractivity contribution is -0.133. The van der Waals surface area contributed by atoms with Gasteiger partial charge in [-0.05, 0) is 37.1 Å². The van der Waals surface area contributed by atoms with Crippen molar-refractivity contribution in [3.8, 4) is 0 Å². The van der Waals surface area contributed by atoms with E-state index in [0.29, 0.717) is 17.0 Å². The number of carbonyl (C=O) groups is 2. The van der Waals surface area contributed by atoms with Crippen molar-refractivity contribution in [1.82, 2.24) is 15.1 Å². The van der Waals surface area contributed by atoms with Crippen molar-refractivity contribution in [3.05, 3.63) is 70.5 Å². The number of imide groups is 1. The van der Waals surface area contributed by atoms with E-state index in [1.165, 1.54) is 11.0 Å². The van der Waals surface area contributed by atoms with Gasteiger partial charge >= 0.3 is 6.03 Å². The van der Waals surface area contributed by atoms with Crippen LogP contribution in [-0.2, 0) is 16.9 Å². The first-order valence-corrected chi connectivity index (χ1v) is 9.93. The van der Waals surface area contributed by atoms with E-state index in [2.05, 4.69) is 5.32 Å². The molecule has 1 saturated heterocycles. The molecule has 2 aromatic carbocycles. The van der Waals surface area contributed by atoms with E-state index in [1.807, 2.05) is 44.2 Å². The molecule has 29 heavy (non-hydrogen) atoms. The van der Waals surface area contributed by atoms with Crippen molar-refractivity contribution in [2.24, 2.45) is 5.92 Å². The van der Waals surface area contributed by atoms with Gasteiger partial charge in [0.05, 0.1) is 6.67 Å². The molecule has 0 spiro atoms. The number of amides is 3. The second kappa shape index (κ2) is 8.51. The average Bonchev–Trinajstić information content (AvgIpc) is 2.90. The first kappa shape index (κ1) is 21.3. The molecule has 1 N–H and O–H groups in total. The number of rotatable bonds is 7. The maximum atomic E-state index is 14.1. The van der Waals surface area contributed by atoms with E-state index in [9.17, 15) is 14.0 Å². The number of nitrogens with zero attached hydrogens (tertiary/aromatic N) is 2. The van der Waals surface area contributed by atoms with Crippen LogP contribution >= 0.6 is 11.6 Å². The smallest absolute Gasteiger partial charge is 0.319 e. The molecule has 154 valence electrons. The molecule has 0 aliphatic carbocycles. The van der Waals surface area contributed by atoms with Crippen molar-refractivity contribution in [2.75, 3.05) is 13.7 Å². The Kier molecular flexibility index (Phi) is 6.24. The minimum atomic E-state index is -1.09. The summed E-state index contributed by atoms with van der Waals surface area (Å²) in [5, 5.41) is 3.23. The standard InChI is InChI=1S/C22H25ClFN3O2/c1-15(2)12-22(16-8-5-4-6-9-16)20(28)27(21(29)25-22)14-26(3)13-17-18(23)10-7-11-19(17)24/h4-11,15H,12-14H2,1-3H3,(H,25,29)/t22-/m1/s1. The Balaban J connectivity index is 1.83. The fourth-order valence-electron chi connectivity index (χ4n) is 3.79. The van der Waals surface area contributed by atoms with Crippen LogP contribution in [0.3, 0.4) is 0 Å². The van der Waals surface area contributed by atoms with E-state index < -0.39 is 17.4 Å². The molecule has 7 heteroatoms. The van der Waals surface area contributed by atoms with Gasteiger partial charge in [-0.25, -0.2) is 14.1 Å². The molecule has 1 fully saturated rings. The van der Waals surface area contributed by atoms with E-state index in [1.54, 1.807) is 24.1 Å². The molecule has 1 aliphatic rings. The lowest BCUT2D eigenvalue weighted by atomic mass is 9.82. The predicted octanol–water partition coefficient (Wildman–Crippen LogP) is 4.36. The van der Waals surface area contributed by atoms with Crippen molar-refractivity contribution in [3.63, 3.8) is 0 Å². The second-order valence-corrected chi connectivity index (χ2v) is 8.30. The van der Waals surface area contributed by atoms with Crippen LogP contribution in [0.1, 0.15) is 31.4 Å². The summed E-state index contributed by atoms with van der Waals surface area (Å²) in [4.78, 5) is 29.0.